The van der Waals surface area contributed by atoms with E-state index in [0.717, 1.165) is 30.4 Å². The van der Waals surface area contributed by atoms with Gasteiger partial charge in [-0.1, -0.05) is 12.1 Å². The average Bonchev–Trinajstić information content (AvgIpc) is 2.51. The zero-order chi connectivity index (χ0) is 10.1. The third kappa shape index (κ3) is 1.75. The molecule has 76 valence electrons. The van der Waals surface area contributed by atoms with Crippen LogP contribution in [0.25, 0.3) is 0 Å². The largest absolute Gasteiger partial charge is 0.508 e. The highest BCUT2D eigenvalue weighted by atomic mass is 16.3. The van der Waals surface area contributed by atoms with Gasteiger partial charge in [0.25, 0.3) is 0 Å². The Morgan fingerprint density at radius 2 is 2.14 bits per heavy atom. The summed E-state index contributed by atoms with van der Waals surface area (Å²) >= 11 is 0. The quantitative estimate of drug-likeness (QED) is 0.715. The Hall–Kier alpha value is -1.02. The number of phenolic OH excluding ortho intramolecular Hbond substituents is 1. The first-order chi connectivity index (χ1) is 6.66. The molecule has 2 heteroatoms. The van der Waals surface area contributed by atoms with Gasteiger partial charge in [0.15, 0.2) is 0 Å². The molecule has 1 aromatic carbocycles. The molecule has 2 atom stereocenters. The number of hydrogen-bond acceptors (Lipinski definition) is 2. The Morgan fingerprint density at radius 1 is 1.36 bits per heavy atom. The predicted octanol–water partition coefficient (Wildman–Crippen LogP) is 2.30. The van der Waals surface area contributed by atoms with Crippen molar-refractivity contribution < 1.29 is 5.11 Å². The second-order valence-corrected chi connectivity index (χ2v) is 4.33. The molecule has 0 aliphatic heterocycles. The first-order valence-corrected chi connectivity index (χ1v) is 5.22. The summed E-state index contributed by atoms with van der Waals surface area (Å²) in [6.07, 6.45) is 3.20. The molecule has 0 saturated heterocycles. The van der Waals surface area contributed by atoms with Crippen molar-refractivity contribution in [3.05, 3.63) is 29.3 Å². The third-order valence-electron chi connectivity index (χ3n) is 3.10. The van der Waals surface area contributed by atoms with Crippen LogP contribution in [0.15, 0.2) is 18.2 Å². The fourth-order valence-electron chi connectivity index (χ4n) is 2.30. The van der Waals surface area contributed by atoms with Gasteiger partial charge < -0.3 is 10.8 Å². The molecule has 0 heterocycles. The lowest BCUT2D eigenvalue weighted by atomic mass is 9.95. The Kier molecular flexibility index (Phi) is 2.46. The van der Waals surface area contributed by atoms with Gasteiger partial charge in [0.05, 0.1) is 0 Å². The van der Waals surface area contributed by atoms with Crippen molar-refractivity contribution in [2.45, 2.75) is 38.1 Å². The Morgan fingerprint density at radius 3 is 2.71 bits per heavy atom. The van der Waals surface area contributed by atoms with Crippen molar-refractivity contribution >= 4 is 0 Å². The van der Waals surface area contributed by atoms with Crippen LogP contribution in [-0.4, -0.2) is 11.1 Å². The standard InChI is InChI=1S/C12H17NO/c1-8-2-5-11(12(14)6-8)9-3-4-10(13)7-9/h2,5-6,9-10,14H,3-4,7,13H2,1H3. The van der Waals surface area contributed by atoms with Crippen LogP contribution in [0.5, 0.6) is 5.75 Å². The van der Waals surface area contributed by atoms with E-state index in [2.05, 4.69) is 6.07 Å². The minimum atomic E-state index is 0.320. The average molecular weight is 191 g/mol. The van der Waals surface area contributed by atoms with Crippen LogP contribution in [0.3, 0.4) is 0 Å². The highest BCUT2D eigenvalue weighted by Crippen LogP contribution is 2.37. The van der Waals surface area contributed by atoms with Gasteiger partial charge >= 0.3 is 0 Å². The summed E-state index contributed by atoms with van der Waals surface area (Å²) in [6.45, 7) is 1.99. The van der Waals surface area contributed by atoms with E-state index < -0.39 is 0 Å². The second kappa shape index (κ2) is 3.62. The van der Waals surface area contributed by atoms with Crippen molar-refractivity contribution in [1.82, 2.24) is 0 Å². The number of hydrogen-bond donors (Lipinski definition) is 2. The first kappa shape index (κ1) is 9.53. The highest BCUT2D eigenvalue weighted by Gasteiger charge is 2.24. The summed E-state index contributed by atoms with van der Waals surface area (Å²) in [5.74, 6) is 0.898. The Bertz CT molecular complexity index is 335. The smallest absolute Gasteiger partial charge is 0.119 e. The molecule has 0 amide bonds. The molecule has 14 heavy (non-hydrogen) atoms. The summed E-state index contributed by atoms with van der Waals surface area (Å²) in [7, 11) is 0. The fraction of sp³-hybridized carbons (Fsp3) is 0.500. The minimum absolute atomic E-state index is 0.320. The van der Waals surface area contributed by atoms with Crippen LogP contribution in [-0.2, 0) is 0 Å². The van der Waals surface area contributed by atoms with Gasteiger partial charge in [-0.2, -0.15) is 0 Å². The Labute approximate surface area is 84.7 Å². The van der Waals surface area contributed by atoms with Crippen molar-refractivity contribution in [3.63, 3.8) is 0 Å². The summed E-state index contributed by atoms with van der Waals surface area (Å²) in [5.41, 5.74) is 8.04. The first-order valence-electron chi connectivity index (χ1n) is 5.22. The molecule has 1 aliphatic carbocycles. The lowest BCUT2D eigenvalue weighted by Gasteiger charge is -2.12. The number of aryl methyl sites for hydroxylation is 1. The van der Waals surface area contributed by atoms with Crippen molar-refractivity contribution in [3.8, 4) is 5.75 Å². The van der Waals surface area contributed by atoms with E-state index in [9.17, 15) is 5.11 Å². The SMILES string of the molecule is Cc1ccc(C2CCC(N)C2)c(O)c1. The third-order valence-corrected chi connectivity index (χ3v) is 3.10. The second-order valence-electron chi connectivity index (χ2n) is 4.33. The minimum Gasteiger partial charge on any atom is -0.508 e. The van der Waals surface area contributed by atoms with E-state index in [1.807, 2.05) is 19.1 Å². The maximum Gasteiger partial charge on any atom is 0.119 e. The maximum atomic E-state index is 9.80. The predicted molar refractivity (Wildman–Crippen MR) is 57.4 cm³/mol. The van der Waals surface area contributed by atoms with Crippen LogP contribution >= 0.6 is 0 Å². The van der Waals surface area contributed by atoms with E-state index in [0.29, 0.717) is 17.7 Å². The van der Waals surface area contributed by atoms with Crippen LogP contribution in [0.2, 0.25) is 0 Å². The zero-order valence-corrected chi connectivity index (χ0v) is 8.53. The van der Waals surface area contributed by atoms with Gasteiger partial charge in [-0.15, -0.1) is 0 Å². The molecule has 1 aromatic rings. The number of nitrogens with two attached hydrogens (primary N) is 1. The van der Waals surface area contributed by atoms with Crippen molar-refractivity contribution in [2.24, 2.45) is 5.73 Å². The van der Waals surface area contributed by atoms with E-state index in [4.69, 9.17) is 5.73 Å². The molecular formula is C12H17NO. The van der Waals surface area contributed by atoms with Crippen LogP contribution in [0, 0.1) is 6.92 Å². The highest BCUT2D eigenvalue weighted by molar-refractivity contribution is 5.38. The van der Waals surface area contributed by atoms with Crippen LogP contribution in [0.1, 0.15) is 36.3 Å². The van der Waals surface area contributed by atoms with Gasteiger partial charge in [0.1, 0.15) is 5.75 Å². The fourth-order valence-corrected chi connectivity index (χ4v) is 2.30. The van der Waals surface area contributed by atoms with E-state index >= 15 is 0 Å². The number of rotatable bonds is 1. The van der Waals surface area contributed by atoms with E-state index in [-0.39, 0.29) is 0 Å². The van der Waals surface area contributed by atoms with Crippen LogP contribution < -0.4 is 5.73 Å². The zero-order valence-electron chi connectivity index (χ0n) is 8.53. The summed E-state index contributed by atoms with van der Waals surface area (Å²) < 4.78 is 0. The molecule has 3 N–H and O–H groups in total. The van der Waals surface area contributed by atoms with Gasteiger partial charge in [-0.05, 0) is 49.3 Å². The van der Waals surface area contributed by atoms with Gasteiger partial charge in [-0.3, -0.25) is 0 Å². The topological polar surface area (TPSA) is 46.2 Å². The van der Waals surface area contributed by atoms with Crippen molar-refractivity contribution in [1.29, 1.82) is 0 Å². The summed E-state index contributed by atoms with van der Waals surface area (Å²) in [4.78, 5) is 0. The normalized spacial score (nSPS) is 26.7. The monoisotopic (exact) mass is 191 g/mol. The maximum absolute atomic E-state index is 9.80. The number of aromatic hydroxyl groups is 1. The van der Waals surface area contributed by atoms with Crippen molar-refractivity contribution in [2.75, 3.05) is 0 Å². The van der Waals surface area contributed by atoms with E-state index in [1.54, 1.807) is 0 Å². The van der Waals surface area contributed by atoms with Gasteiger partial charge in [0, 0.05) is 6.04 Å². The lowest BCUT2D eigenvalue weighted by Crippen LogP contribution is -2.14. The molecule has 2 rings (SSSR count). The van der Waals surface area contributed by atoms with Gasteiger partial charge in [0.2, 0.25) is 0 Å². The molecule has 0 spiro atoms. The van der Waals surface area contributed by atoms with Gasteiger partial charge in [-0.25, -0.2) is 0 Å². The molecule has 0 bridgehead atoms. The molecule has 2 nitrogen and oxygen atoms in total. The molecule has 0 radical (unpaired) electrons. The molecule has 0 aromatic heterocycles. The molecule has 1 fully saturated rings. The summed E-state index contributed by atoms with van der Waals surface area (Å²) in [6, 6.07) is 6.24. The number of phenols is 1. The lowest BCUT2D eigenvalue weighted by molar-refractivity contribution is 0.460. The molecular weight excluding hydrogens is 174 g/mol. The molecule has 1 saturated carbocycles. The van der Waals surface area contributed by atoms with E-state index in [1.165, 1.54) is 0 Å². The number of benzene rings is 1. The van der Waals surface area contributed by atoms with Crippen LogP contribution in [0.4, 0.5) is 0 Å². The Balaban J connectivity index is 2.24. The molecule has 2 unspecified atom stereocenters. The summed E-state index contributed by atoms with van der Waals surface area (Å²) in [5, 5.41) is 9.80. The molecule has 1 aliphatic rings.